The molecule has 0 saturated carbocycles. The SMILES string of the molecule is C=C(C)C(=O)Oc1ccc(C=Cc2ccc(-c3cccc(OC(=O)C(=C)C)c3)o2)cc1. The maximum absolute atomic E-state index is 11.7. The van der Waals surface area contributed by atoms with E-state index in [2.05, 4.69) is 13.2 Å². The van der Waals surface area contributed by atoms with E-state index in [0.29, 0.717) is 34.2 Å². The minimum absolute atomic E-state index is 0.331. The van der Waals surface area contributed by atoms with E-state index in [0.717, 1.165) is 11.1 Å². The molecule has 0 radical (unpaired) electrons. The number of rotatable bonds is 7. The third-order valence-corrected chi connectivity index (χ3v) is 4.18. The highest BCUT2D eigenvalue weighted by atomic mass is 16.5. The molecule has 5 nitrogen and oxygen atoms in total. The number of hydrogen-bond acceptors (Lipinski definition) is 5. The average molecular weight is 414 g/mol. The first kappa shape index (κ1) is 21.6. The van der Waals surface area contributed by atoms with Crippen LogP contribution in [0.5, 0.6) is 11.5 Å². The minimum atomic E-state index is -0.472. The summed E-state index contributed by atoms with van der Waals surface area (Å²) < 4.78 is 16.3. The molecule has 0 unspecified atom stereocenters. The maximum atomic E-state index is 11.7. The number of furan rings is 1. The fourth-order valence-electron chi connectivity index (χ4n) is 2.52. The molecule has 3 aromatic rings. The van der Waals surface area contributed by atoms with E-state index in [1.807, 2.05) is 42.5 Å². The highest BCUT2D eigenvalue weighted by molar-refractivity contribution is 5.89. The van der Waals surface area contributed by atoms with Crippen LogP contribution in [0.15, 0.2) is 89.4 Å². The second-order valence-corrected chi connectivity index (χ2v) is 6.97. The summed E-state index contributed by atoms with van der Waals surface area (Å²) in [6, 6.07) is 17.9. The van der Waals surface area contributed by atoms with Crippen molar-refractivity contribution in [1.29, 1.82) is 0 Å². The highest BCUT2D eigenvalue weighted by Crippen LogP contribution is 2.27. The van der Waals surface area contributed by atoms with Gasteiger partial charge >= 0.3 is 11.9 Å². The summed E-state index contributed by atoms with van der Waals surface area (Å²) in [6.07, 6.45) is 3.72. The van der Waals surface area contributed by atoms with Crippen molar-refractivity contribution in [3.63, 3.8) is 0 Å². The minimum Gasteiger partial charge on any atom is -0.457 e. The third kappa shape index (κ3) is 5.93. The molecule has 31 heavy (non-hydrogen) atoms. The van der Waals surface area contributed by atoms with E-state index in [4.69, 9.17) is 13.9 Å². The first-order chi connectivity index (χ1) is 14.8. The molecule has 1 heterocycles. The van der Waals surface area contributed by atoms with Crippen LogP contribution in [0.2, 0.25) is 0 Å². The number of carbonyl (C=O) groups is 2. The van der Waals surface area contributed by atoms with E-state index >= 15 is 0 Å². The summed E-state index contributed by atoms with van der Waals surface area (Å²) >= 11 is 0. The molecule has 0 spiro atoms. The Morgan fingerprint density at radius 1 is 0.806 bits per heavy atom. The van der Waals surface area contributed by atoms with Crippen molar-refractivity contribution in [2.24, 2.45) is 0 Å². The largest absolute Gasteiger partial charge is 0.457 e. The number of hydrogen-bond donors (Lipinski definition) is 0. The van der Waals surface area contributed by atoms with Crippen LogP contribution in [0.1, 0.15) is 25.2 Å². The Labute approximate surface area is 180 Å². The summed E-state index contributed by atoms with van der Waals surface area (Å²) in [7, 11) is 0. The molecule has 0 saturated heterocycles. The third-order valence-electron chi connectivity index (χ3n) is 4.18. The van der Waals surface area contributed by atoms with Gasteiger partial charge in [-0.3, -0.25) is 0 Å². The molecule has 0 N–H and O–H groups in total. The molecule has 3 rings (SSSR count). The van der Waals surface area contributed by atoms with E-state index in [1.54, 1.807) is 44.2 Å². The number of carbonyl (C=O) groups excluding carboxylic acids is 2. The zero-order valence-corrected chi connectivity index (χ0v) is 17.4. The first-order valence-corrected chi connectivity index (χ1v) is 9.55. The summed E-state index contributed by atoms with van der Waals surface area (Å²) in [5, 5.41) is 0. The highest BCUT2D eigenvalue weighted by Gasteiger charge is 2.09. The van der Waals surface area contributed by atoms with Gasteiger partial charge in [0.1, 0.15) is 23.0 Å². The van der Waals surface area contributed by atoms with Crippen molar-refractivity contribution in [2.75, 3.05) is 0 Å². The molecule has 0 atom stereocenters. The average Bonchev–Trinajstić information content (AvgIpc) is 3.22. The fourth-order valence-corrected chi connectivity index (χ4v) is 2.52. The Bertz CT molecular complexity index is 1160. The van der Waals surface area contributed by atoms with Crippen molar-refractivity contribution in [1.82, 2.24) is 0 Å². The molecule has 0 aliphatic heterocycles. The monoisotopic (exact) mass is 414 g/mol. The van der Waals surface area contributed by atoms with Gasteiger partial charge < -0.3 is 13.9 Å². The van der Waals surface area contributed by atoms with Crippen molar-refractivity contribution < 1.29 is 23.5 Å². The zero-order valence-electron chi connectivity index (χ0n) is 17.4. The fraction of sp³-hybridized carbons (Fsp3) is 0.0769. The van der Waals surface area contributed by atoms with Crippen LogP contribution in [0.4, 0.5) is 0 Å². The van der Waals surface area contributed by atoms with Crippen LogP contribution in [0.3, 0.4) is 0 Å². The van der Waals surface area contributed by atoms with Crippen LogP contribution in [-0.2, 0) is 9.59 Å². The van der Waals surface area contributed by atoms with Crippen molar-refractivity contribution in [3.05, 3.63) is 96.3 Å². The Kier molecular flexibility index (Phi) is 6.67. The standard InChI is InChI=1S/C26H22O5/c1-17(2)25(27)30-22-12-9-19(10-13-22)8-11-21-14-15-24(29-21)20-6-5-7-23(16-20)31-26(28)18(3)4/h5-16H,1,3H2,2,4H3. The van der Waals surface area contributed by atoms with Gasteiger partial charge in [-0.25, -0.2) is 9.59 Å². The molecular weight excluding hydrogens is 392 g/mol. The van der Waals surface area contributed by atoms with Gasteiger partial charge in [-0.05, 0) is 61.9 Å². The van der Waals surface area contributed by atoms with Crippen LogP contribution >= 0.6 is 0 Å². The molecule has 0 bridgehead atoms. The molecule has 2 aromatic carbocycles. The molecule has 5 heteroatoms. The lowest BCUT2D eigenvalue weighted by atomic mass is 10.1. The summed E-state index contributed by atoms with van der Waals surface area (Å²) in [5.41, 5.74) is 2.38. The van der Waals surface area contributed by atoms with E-state index < -0.39 is 11.9 Å². The lowest BCUT2D eigenvalue weighted by molar-refractivity contribution is -0.130. The van der Waals surface area contributed by atoms with Gasteiger partial charge in [0, 0.05) is 16.7 Å². The topological polar surface area (TPSA) is 65.7 Å². The van der Waals surface area contributed by atoms with Gasteiger partial charge in [-0.2, -0.15) is 0 Å². The van der Waals surface area contributed by atoms with Crippen molar-refractivity contribution >= 4 is 24.1 Å². The lowest BCUT2D eigenvalue weighted by Crippen LogP contribution is -2.07. The second kappa shape index (κ2) is 9.59. The number of benzene rings is 2. The van der Waals surface area contributed by atoms with Gasteiger partial charge in [-0.15, -0.1) is 0 Å². The number of ether oxygens (including phenoxy) is 2. The van der Waals surface area contributed by atoms with Crippen molar-refractivity contribution in [3.8, 4) is 22.8 Å². The molecule has 0 aliphatic rings. The van der Waals surface area contributed by atoms with Gasteiger partial charge in [0.15, 0.2) is 0 Å². The quantitative estimate of drug-likeness (QED) is 0.266. The molecule has 156 valence electrons. The Morgan fingerprint density at radius 3 is 2.10 bits per heavy atom. The van der Waals surface area contributed by atoms with Crippen LogP contribution in [-0.4, -0.2) is 11.9 Å². The second-order valence-electron chi connectivity index (χ2n) is 6.97. The van der Waals surface area contributed by atoms with E-state index in [1.165, 1.54) is 0 Å². The summed E-state index contributed by atoms with van der Waals surface area (Å²) in [4.78, 5) is 23.3. The summed E-state index contributed by atoms with van der Waals surface area (Å²) in [6.45, 7) is 10.3. The van der Waals surface area contributed by atoms with Gasteiger partial charge in [0.05, 0.1) is 0 Å². The lowest BCUT2D eigenvalue weighted by Gasteiger charge is -2.05. The molecule has 0 amide bonds. The van der Waals surface area contributed by atoms with Crippen molar-refractivity contribution in [2.45, 2.75) is 13.8 Å². The van der Waals surface area contributed by atoms with Crippen LogP contribution < -0.4 is 9.47 Å². The van der Waals surface area contributed by atoms with Crippen LogP contribution in [0.25, 0.3) is 23.5 Å². The van der Waals surface area contributed by atoms with E-state index in [9.17, 15) is 9.59 Å². The normalized spacial score (nSPS) is 10.6. The molecule has 0 aliphatic carbocycles. The molecular formula is C26H22O5. The maximum Gasteiger partial charge on any atom is 0.338 e. The number of esters is 2. The van der Waals surface area contributed by atoms with E-state index in [-0.39, 0.29) is 0 Å². The Balaban J connectivity index is 1.68. The van der Waals surface area contributed by atoms with Gasteiger partial charge in [-0.1, -0.05) is 43.5 Å². The Morgan fingerprint density at radius 2 is 1.45 bits per heavy atom. The molecule has 1 aromatic heterocycles. The van der Waals surface area contributed by atoms with Gasteiger partial charge in [0.25, 0.3) is 0 Å². The van der Waals surface area contributed by atoms with Crippen LogP contribution in [0, 0.1) is 0 Å². The predicted octanol–water partition coefficient (Wildman–Crippen LogP) is 6.08. The first-order valence-electron chi connectivity index (χ1n) is 9.55. The smallest absolute Gasteiger partial charge is 0.338 e. The Hall–Kier alpha value is -4.12. The zero-order chi connectivity index (χ0) is 22.4. The van der Waals surface area contributed by atoms with Gasteiger partial charge in [0.2, 0.25) is 0 Å². The predicted molar refractivity (Wildman–Crippen MR) is 120 cm³/mol. The molecule has 0 fully saturated rings. The summed E-state index contributed by atoms with van der Waals surface area (Å²) in [5.74, 6) is 1.27.